The molecule has 0 spiro atoms. The maximum atomic E-state index is 13.7. The second-order valence-electron chi connectivity index (χ2n) is 8.78. The largest absolute Gasteiger partial charge is 0.316 e. The smallest absolute Gasteiger partial charge is 0.123 e. The number of aromatic nitrogens is 2. The maximum absolute atomic E-state index is 13.7. The average Bonchev–Trinajstić information content (AvgIpc) is 3.32. The zero-order chi connectivity index (χ0) is 20.4. The van der Waals surface area contributed by atoms with E-state index in [0.29, 0.717) is 17.8 Å². The maximum Gasteiger partial charge on any atom is 0.123 e. The van der Waals surface area contributed by atoms with Gasteiger partial charge in [-0.15, -0.1) is 0 Å². The molecule has 29 heavy (non-hydrogen) atoms. The van der Waals surface area contributed by atoms with Crippen LogP contribution in [0.2, 0.25) is 0 Å². The van der Waals surface area contributed by atoms with E-state index in [1.54, 1.807) is 12.1 Å². The van der Waals surface area contributed by atoms with E-state index in [4.69, 9.17) is 5.10 Å². The third-order valence-corrected chi connectivity index (χ3v) is 7.05. The number of nitrogens with one attached hydrogen (secondary N) is 1. The molecule has 0 unspecified atom stereocenters. The molecule has 0 bridgehead atoms. The first-order valence-corrected chi connectivity index (χ1v) is 11.3. The van der Waals surface area contributed by atoms with Crippen molar-refractivity contribution in [2.75, 3.05) is 32.7 Å². The van der Waals surface area contributed by atoms with Crippen LogP contribution in [0.3, 0.4) is 0 Å². The Labute approximate surface area is 174 Å². The average molecular weight is 399 g/mol. The molecule has 0 saturated carbocycles. The molecule has 1 N–H and O–H groups in total. The summed E-state index contributed by atoms with van der Waals surface area (Å²) >= 11 is 0. The van der Waals surface area contributed by atoms with E-state index in [1.807, 2.05) is 6.07 Å². The zero-order valence-electron chi connectivity index (χ0n) is 18.1. The molecule has 2 aromatic rings. The molecule has 2 fully saturated rings. The van der Waals surface area contributed by atoms with Crippen molar-refractivity contribution in [2.45, 2.75) is 58.4 Å². The summed E-state index contributed by atoms with van der Waals surface area (Å²) in [6, 6.07) is 7.19. The summed E-state index contributed by atoms with van der Waals surface area (Å²) in [5.74, 6) is 1.48. The lowest BCUT2D eigenvalue weighted by Crippen LogP contribution is -2.38. The third-order valence-electron chi connectivity index (χ3n) is 7.05. The molecular weight excluding hydrogens is 363 g/mol. The van der Waals surface area contributed by atoms with Crippen LogP contribution in [-0.4, -0.2) is 47.4 Å². The Morgan fingerprint density at radius 1 is 1.17 bits per heavy atom. The first kappa shape index (κ1) is 20.5. The SMILES string of the molecule is CCc1nn(CC)c(C2CCN(C[C@@H]3CNC[C@@H]3c3cccc(F)c3)CC2)c1C. The van der Waals surface area contributed by atoms with Crippen molar-refractivity contribution in [3.8, 4) is 0 Å². The van der Waals surface area contributed by atoms with Crippen molar-refractivity contribution < 1.29 is 4.39 Å². The molecule has 158 valence electrons. The highest BCUT2D eigenvalue weighted by Crippen LogP contribution is 2.34. The number of hydrogen-bond acceptors (Lipinski definition) is 3. The highest BCUT2D eigenvalue weighted by molar-refractivity contribution is 5.28. The van der Waals surface area contributed by atoms with Crippen molar-refractivity contribution in [2.24, 2.45) is 5.92 Å². The summed E-state index contributed by atoms with van der Waals surface area (Å²) in [5, 5.41) is 8.37. The second-order valence-corrected chi connectivity index (χ2v) is 8.78. The number of likely N-dealkylation sites (tertiary alicyclic amines) is 1. The number of halogens is 1. The van der Waals surface area contributed by atoms with Gasteiger partial charge in [0.05, 0.1) is 5.69 Å². The molecule has 1 aromatic heterocycles. The van der Waals surface area contributed by atoms with E-state index in [9.17, 15) is 4.39 Å². The molecule has 1 aromatic carbocycles. The summed E-state index contributed by atoms with van der Waals surface area (Å²) in [5.41, 5.74) is 5.30. The van der Waals surface area contributed by atoms with Crippen LogP contribution in [0.1, 0.15) is 61.0 Å². The van der Waals surface area contributed by atoms with Crippen LogP contribution in [0, 0.1) is 18.7 Å². The second kappa shape index (κ2) is 8.97. The van der Waals surface area contributed by atoms with E-state index in [2.05, 4.69) is 41.7 Å². The van der Waals surface area contributed by atoms with Crippen LogP contribution < -0.4 is 5.32 Å². The molecule has 4 rings (SSSR count). The summed E-state index contributed by atoms with van der Waals surface area (Å²) in [6.07, 6.45) is 3.43. The lowest BCUT2D eigenvalue weighted by atomic mass is 9.86. The van der Waals surface area contributed by atoms with Gasteiger partial charge < -0.3 is 10.2 Å². The minimum absolute atomic E-state index is 0.122. The van der Waals surface area contributed by atoms with E-state index in [-0.39, 0.29) is 5.82 Å². The Morgan fingerprint density at radius 2 is 1.97 bits per heavy atom. The molecular formula is C24H35FN4. The minimum Gasteiger partial charge on any atom is -0.316 e. The Bertz CT molecular complexity index is 822. The van der Waals surface area contributed by atoms with Crippen molar-refractivity contribution in [3.05, 3.63) is 52.6 Å². The molecule has 2 atom stereocenters. The monoisotopic (exact) mass is 398 g/mol. The quantitative estimate of drug-likeness (QED) is 0.795. The highest BCUT2D eigenvalue weighted by atomic mass is 19.1. The first-order valence-electron chi connectivity index (χ1n) is 11.3. The molecule has 5 heteroatoms. The Hall–Kier alpha value is -1.72. The standard InChI is InChI=1S/C24H35FN4/c1-4-23-17(3)24(29(5-2)27-23)18-9-11-28(12-10-18)16-20-14-26-15-22(20)19-7-6-8-21(25)13-19/h6-8,13,18,20,22,26H,4-5,9-12,14-16H2,1-3H3/t20-,22+/m0/s1. The molecule has 0 aliphatic carbocycles. The fraction of sp³-hybridized carbons (Fsp3) is 0.625. The molecule has 2 saturated heterocycles. The summed E-state index contributed by atoms with van der Waals surface area (Å²) < 4.78 is 15.9. The number of hydrogen-bond donors (Lipinski definition) is 1. The van der Waals surface area contributed by atoms with Gasteiger partial charge in [-0.1, -0.05) is 19.1 Å². The summed E-state index contributed by atoms with van der Waals surface area (Å²) in [6.45, 7) is 13.0. The van der Waals surface area contributed by atoms with Gasteiger partial charge in [-0.05, 0) is 81.9 Å². The fourth-order valence-corrected chi connectivity index (χ4v) is 5.48. The predicted octanol–water partition coefficient (Wildman–Crippen LogP) is 4.10. The van der Waals surface area contributed by atoms with Gasteiger partial charge in [0.2, 0.25) is 0 Å². The van der Waals surface area contributed by atoms with Crippen LogP contribution in [-0.2, 0) is 13.0 Å². The number of benzene rings is 1. The van der Waals surface area contributed by atoms with Gasteiger partial charge in [-0.3, -0.25) is 4.68 Å². The lowest BCUT2D eigenvalue weighted by Gasteiger charge is -2.35. The number of aryl methyl sites for hydroxylation is 2. The molecule has 2 aliphatic heterocycles. The third kappa shape index (κ3) is 4.26. The van der Waals surface area contributed by atoms with Gasteiger partial charge >= 0.3 is 0 Å². The summed E-state index contributed by atoms with van der Waals surface area (Å²) in [7, 11) is 0. The van der Waals surface area contributed by atoms with Gasteiger partial charge in [-0.2, -0.15) is 5.10 Å². The predicted molar refractivity (Wildman–Crippen MR) is 116 cm³/mol. The van der Waals surface area contributed by atoms with Crippen molar-refractivity contribution in [1.82, 2.24) is 20.0 Å². The summed E-state index contributed by atoms with van der Waals surface area (Å²) in [4.78, 5) is 2.63. The van der Waals surface area contributed by atoms with Crippen LogP contribution in [0.25, 0.3) is 0 Å². The normalized spacial score (nSPS) is 23.7. The van der Waals surface area contributed by atoms with E-state index in [1.165, 1.54) is 29.8 Å². The van der Waals surface area contributed by atoms with E-state index >= 15 is 0 Å². The van der Waals surface area contributed by atoms with Gasteiger partial charge in [0, 0.05) is 37.2 Å². The van der Waals surface area contributed by atoms with Crippen molar-refractivity contribution >= 4 is 0 Å². The van der Waals surface area contributed by atoms with Gasteiger partial charge in [0.25, 0.3) is 0 Å². The Kier molecular flexibility index (Phi) is 6.35. The van der Waals surface area contributed by atoms with Crippen LogP contribution >= 0.6 is 0 Å². The Morgan fingerprint density at radius 3 is 2.66 bits per heavy atom. The van der Waals surface area contributed by atoms with Gasteiger partial charge in [0.1, 0.15) is 5.82 Å². The van der Waals surface area contributed by atoms with E-state index in [0.717, 1.165) is 51.3 Å². The van der Waals surface area contributed by atoms with Crippen molar-refractivity contribution in [3.63, 3.8) is 0 Å². The zero-order valence-corrected chi connectivity index (χ0v) is 18.1. The molecule has 0 radical (unpaired) electrons. The minimum atomic E-state index is -0.122. The van der Waals surface area contributed by atoms with Crippen LogP contribution in [0.4, 0.5) is 4.39 Å². The fourth-order valence-electron chi connectivity index (χ4n) is 5.48. The highest BCUT2D eigenvalue weighted by Gasteiger charge is 2.32. The van der Waals surface area contributed by atoms with Gasteiger partial charge in [0.15, 0.2) is 0 Å². The van der Waals surface area contributed by atoms with Crippen LogP contribution in [0.15, 0.2) is 24.3 Å². The van der Waals surface area contributed by atoms with Crippen LogP contribution in [0.5, 0.6) is 0 Å². The molecule has 2 aliphatic rings. The number of piperidine rings is 1. The van der Waals surface area contributed by atoms with E-state index < -0.39 is 0 Å². The molecule has 4 nitrogen and oxygen atoms in total. The van der Waals surface area contributed by atoms with Crippen molar-refractivity contribution in [1.29, 1.82) is 0 Å². The number of nitrogens with zero attached hydrogens (tertiary/aromatic N) is 3. The molecule has 0 amide bonds. The Balaban J connectivity index is 1.38. The lowest BCUT2D eigenvalue weighted by molar-refractivity contribution is 0.179. The number of rotatable bonds is 6. The molecule has 3 heterocycles. The topological polar surface area (TPSA) is 33.1 Å². The van der Waals surface area contributed by atoms with Gasteiger partial charge in [-0.25, -0.2) is 4.39 Å². The first-order chi connectivity index (χ1) is 14.1.